The summed E-state index contributed by atoms with van der Waals surface area (Å²) in [6.07, 6.45) is 86.3. The van der Waals surface area contributed by atoms with E-state index >= 15 is 0 Å². The summed E-state index contributed by atoms with van der Waals surface area (Å²) >= 11 is 0. The normalized spacial score (nSPS) is 12.6. The predicted octanol–water partition coefficient (Wildman–Crippen LogP) is 22.7. The number of hydrogen-bond acceptors (Lipinski definition) is 6. The van der Waals surface area contributed by atoms with E-state index < -0.39 is 12.1 Å². The third-order valence-corrected chi connectivity index (χ3v) is 14.4. The number of esters is 3. The van der Waals surface area contributed by atoms with Crippen LogP contribution in [0.5, 0.6) is 0 Å². The lowest BCUT2D eigenvalue weighted by molar-refractivity contribution is -0.166. The molecule has 0 aliphatic heterocycles. The van der Waals surface area contributed by atoms with E-state index in [1.165, 1.54) is 212 Å². The Balaban J connectivity index is 4.27. The molecule has 0 aliphatic carbocycles. The van der Waals surface area contributed by atoms with Crippen molar-refractivity contribution in [1.82, 2.24) is 0 Å². The third-order valence-electron chi connectivity index (χ3n) is 14.4. The Morgan fingerprint density at radius 2 is 0.545 bits per heavy atom. The van der Waals surface area contributed by atoms with Crippen LogP contribution < -0.4 is 0 Å². The molecule has 6 heteroatoms. The first kappa shape index (κ1) is 73.6. The molecule has 0 spiro atoms. The van der Waals surface area contributed by atoms with Crippen LogP contribution in [0.2, 0.25) is 0 Å². The summed E-state index contributed by atoms with van der Waals surface area (Å²) in [5.41, 5.74) is 0. The van der Waals surface area contributed by atoms with Gasteiger partial charge in [-0.2, -0.15) is 0 Å². The highest BCUT2D eigenvalue weighted by molar-refractivity contribution is 5.72. The second-order valence-electron chi connectivity index (χ2n) is 22.0. The molecule has 0 heterocycles. The molecule has 6 nitrogen and oxygen atoms in total. The Bertz CT molecular complexity index is 1470. The summed E-state index contributed by atoms with van der Waals surface area (Å²) in [5.74, 6) is -1.03. The van der Waals surface area contributed by atoms with Gasteiger partial charge in [0.2, 0.25) is 0 Å². The Kier molecular flexibility index (Phi) is 62.2. The van der Waals surface area contributed by atoms with Crippen LogP contribution in [0, 0.1) is 0 Å². The summed E-state index contributed by atoms with van der Waals surface area (Å²) in [5, 5.41) is 0. The highest BCUT2D eigenvalue weighted by Gasteiger charge is 2.19. The van der Waals surface area contributed by atoms with Gasteiger partial charge in [0.1, 0.15) is 13.2 Å². The standard InChI is InChI=1S/C71H124O6/c1-4-7-10-13-16-19-22-25-28-29-30-31-32-33-34-35-36-37-38-39-40-41-44-46-49-52-55-58-61-64-70(73)76-67-68(77-71(74)65-62-59-56-53-50-47-43-27-24-21-18-15-12-9-6-3)66-75-69(72)63-60-57-54-51-48-45-42-26-23-20-17-14-11-8-5-2/h9,12,18,21-22,25,27,29-30,43,50,53,59,62,68H,4-8,10-11,13-17,19-20,23-24,26,28,31-42,44-49,51-52,54-58,60-61,63-67H2,1-3H3/b12-9-,21-18-,25-22-,30-29-,43-27-,53-50-,62-59-. The number of carbonyl (C=O) groups is 3. The van der Waals surface area contributed by atoms with Crippen LogP contribution in [0.15, 0.2) is 85.1 Å². The molecule has 0 aliphatic rings. The van der Waals surface area contributed by atoms with Crippen molar-refractivity contribution in [2.45, 2.75) is 335 Å². The molecule has 0 saturated carbocycles. The van der Waals surface area contributed by atoms with E-state index in [-0.39, 0.29) is 31.6 Å². The average Bonchev–Trinajstić information content (AvgIpc) is 3.43. The number of carbonyl (C=O) groups excluding carboxylic acids is 3. The number of rotatable bonds is 60. The van der Waals surface area contributed by atoms with Gasteiger partial charge in [-0.25, -0.2) is 0 Å². The maximum atomic E-state index is 12.8. The topological polar surface area (TPSA) is 78.9 Å². The minimum Gasteiger partial charge on any atom is -0.462 e. The number of hydrogen-bond donors (Lipinski definition) is 0. The number of ether oxygens (including phenoxy) is 3. The van der Waals surface area contributed by atoms with E-state index in [0.717, 1.165) is 77.0 Å². The molecule has 77 heavy (non-hydrogen) atoms. The van der Waals surface area contributed by atoms with Gasteiger partial charge in [-0.1, -0.05) is 318 Å². The molecule has 0 radical (unpaired) electrons. The van der Waals surface area contributed by atoms with Crippen LogP contribution in [0.4, 0.5) is 0 Å². The van der Waals surface area contributed by atoms with Gasteiger partial charge in [-0.05, 0) is 77.0 Å². The smallest absolute Gasteiger partial charge is 0.310 e. The molecule has 0 aromatic heterocycles. The monoisotopic (exact) mass is 1070 g/mol. The van der Waals surface area contributed by atoms with Gasteiger partial charge in [-0.15, -0.1) is 0 Å². The zero-order valence-corrected chi connectivity index (χ0v) is 51.0. The maximum Gasteiger partial charge on any atom is 0.310 e. The molecule has 0 bridgehead atoms. The fraction of sp³-hybridized carbons (Fsp3) is 0.761. The molecule has 1 atom stereocenters. The van der Waals surface area contributed by atoms with Crippen LogP contribution in [-0.4, -0.2) is 37.2 Å². The van der Waals surface area contributed by atoms with E-state index in [1.54, 1.807) is 6.08 Å². The first-order chi connectivity index (χ1) is 38.0. The SMILES string of the molecule is CC/C=C\C/C=C\C/C=C\C/C=C\C/C=C\CC(=O)OC(COC(=O)CCCCCCCCCCCCCCCCC)COC(=O)CCCCCCCCCCCCCCCCCCC/C=C\C/C=C\CCCCCCC. The third kappa shape index (κ3) is 63.3. The van der Waals surface area contributed by atoms with E-state index in [1.807, 2.05) is 6.08 Å². The van der Waals surface area contributed by atoms with Gasteiger partial charge < -0.3 is 14.2 Å². The number of unbranched alkanes of at least 4 members (excludes halogenated alkanes) is 36. The number of allylic oxidation sites excluding steroid dienone is 13. The quantitative estimate of drug-likeness (QED) is 0.0261. The van der Waals surface area contributed by atoms with E-state index in [4.69, 9.17) is 14.2 Å². The zero-order chi connectivity index (χ0) is 55.7. The van der Waals surface area contributed by atoms with E-state index in [2.05, 4.69) is 93.7 Å². The van der Waals surface area contributed by atoms with Crippen molar-refractivity contribution < 1.29 is 28.6 Å². The Morgan fingerprint density at radius 3 is 0.857 bits per heavy atom. The second kappa shape index (κ2) is 65.1. The molecule has 0 aromatic rings. The van der Waals surface area contributed by atoms with Crippen molar-refractivity contribution in [3.8, 4) is 0 Å². The van der Waals surface area contributed by atoms with Gasteiger partial charge in [0.25, 0.3) is 0 Å². The van der Waals surface area contributed by atoms with E-state index in [9.17, 15) is 14.4 Å². The van der Waals surface area contributed by atoms with Crippen LogP contribution in [0.25, 0.3) is 0 Å². The van der Waals surface area contributed by atoms with Gasteiger partial charge >= 0.3 is 17.9 Å². The first-order valence-electron chi connectivity index (χ1n) is 33.1. The molecular weight excluding hydrogens is 949 g/mol. The summed E-state index contributed by atoms with van der Waals surface area (Å²) in [4.78, 5) is 38.2. The highest BCUT2D eigenvalue weighted by atomic mass is 16.6. The zero-order valence-electron chi connectivity index (χ0n) is 51.0. The predicted molar refractivity (Wildman–Crippen MR) is 334 cm³/mol. The Morgan fingerprint density at radius 1 is 0.286 bits per heavy atom. The van der Waals surface area contributed by atoms with Gasteiger partial charge in [-0.3, -0.25) is 14.4 Å². The molecule has 1 unspecified atom stereocenters. The van der Waals surface area contributed by atoms with Gasteiger partial charge in [0.15, 0.2) is 6.10 Å². The summed E-state index contributed by atoms with van der Waals surface area (Å²) in [6, 6.07) is 0. The van der Waals surface area contributed by atoms with Crippen molar-refractivity contribution in [2.24, 2.45) is 0 Å². The lowest BCUT2D eigenvalue weighted by Crippen LogP contribution is -2.30. The molecule has 0 N–H and O–H groups in total. The summed E-state index contributed by atoms with van der Waals surface area (Å²) in [6.45, 7) is 6.47. The van der Waals surface area contributed by atoms with Crippen molar-refractivity contribution in [1.29, 1.82) is 0 Å². The molecule has 0 aromatic carbocycles. The van der Waals surface area contributed by atoms with E-state index in [0.29, 0.717) is 12.8 Å². The van der Waals surface area contributed by atoms with Crippen molar-refractivity contribution in [3.05, 3.63) is 85.1 Å². The van der Waals surface area contributed by atoms with Crippen LogP contribution in [0.3, 0.4) is 0 Å². The van der Waals surface area contributed by atoms with Crippen LogP contribution in [0.1, 0.15) is 329 Å². The van der Waals surface area contributed by atoms with Crippen molar-refractivity contribution >= 4 is 17.9 Å². The minimum atomic E-state index is -0.829. The summed E-state index contributed by atoms with van der Waals surface area (Å²) < 4.78 is 16.8. The Labute approximate surface area is 477 Å². The summed E-state index contributed by atoms with van der Waals surface area (Å²) in [7, 11) is 0. The first-order valence-corrected chi connectivity index (χ1v) is 33.1. The van der Waals surface area contributed by atoms with Gasteiger partial charge in [0, 0.05) is 12.8 Å². The highest BCUT2D eigenvalue weighted by Crippen LogP contribution is 2.17. The van der Waals surface area contributed by atoms with Crippen molar-refractivity contribution in [3.63, 3.8) is 0 Å². The van der Waals surface area contributed by atoms with Gasteiger partial charge in [0.05, 0.1) is 6.42 Å². The molecular formula is C71H124O6. The fourth-order valence-electron chi connectivity index (χ4n) is 9.49. The fourth-order valence-corrected chi connectivity index (χ4v) is 9.49. The molecule has 0 amide bonds. The molecule has 0 fully saturated rings. The minimum absolute atomic E-state index is 0.0995. The molecule has 0 rings (SSSR count). The largest absolute Gasteiger partial charge is 0.462 e. The lowest BCUT2D eigenvalue weighted by Gasteiger charge is -2.18. The van der Waals surface area contributed by atoms with Crippen molar-refractivity contribution in [2.75, 3.05) is 13.2 Å². The molecule has 444 valence electrons. The maximum absolute atomic E-state index is 12.8. The lowest BCUT2D eigenvalue weighted by atomic mass is 10.0. The van der Waals surface area contributed by atoms with Crippen LogP contribution >= 0.6 is 0 Å². The second-order valence-corrected chi connectivity index (χ2v) is 22.0. The van der Waals surface area contributed by atoms with Crippen LogP contribution in [-0.2, 0) is 28.6 Å². The average molecular weight is 1070 g/mol. The molecule has 0 saturated heterocycles. The Hall–Kier alpha value is -3.41.